The second-order valence-corrected chi connectivity index (χ2v) is 7.08. The lowest BCUT2D eigenvalue weighted by molar-refractivity contribution is -0.137. The first-order chi connectivity index (χ1) is 12.0. The summed E-state index contributed by atoms with van der Waals surface area (Å²) in [4.78, 5) is 24.6. The zero-order valence-corrected chi connectivity index (χ0v) is 15.7. The van der Waals surface area contributed by atoms with E-state index in [9.17, 15) is 14.7 Å². The van der Waals surface area contributed by atoms with Gasteiger partial charge < -0.3 is 15.1 Å². The summed E-state index contributed by atoms with van der Waals surface area (Å²) >= 11 is 0. The summed E-state index contributed by atoms with van der Waals surface area (Å²) in [5.74, 6) is -0.566. The fourth-order valence-electron chi connectivity index (χ4n) is 3.38. The van der Waals surface area contributed by atoms with Crippen LogP contribution in [0.25, 0.3) is 0 Å². The van der Waals surface area contributed by atoms with E-state index in [-0.39, 0.29) is 24.5 Å². The highest BCUT2D eigenvalue weighted by molar-refractivity contribution is 5.77. The second kappa shape index (κ2) is 12.9. The van der Waals surface area contributed by atoms with Crippen LogP contribution in [0.15, 0.2) is 12.2 Å². The number of aliphatic carboxylic acids is 1. The Morgan fingerprint density at radius 2 is 2.08 bits per heavy atom. The summed E-state index contributed by atoms with van der Waals surface area (Å²) < 4.78 is 0. The van der Waals surface area contributed by atoms with Crippen LogP contribution in [0, 0.1) is 0 Å². The minimum Gasteiger partial charge on any atom is -0.481 e. The van der Waals surface area contributed by atoms with Gasteiger partial charge in [0, 0.05) is 25.4 Å². The van der Waals surface area contributed by atoms with Crippen molar-refractivity contribution in [3.05, 3.63) is 12.2 Å². The summed E-state index contributed by atoms with van der Waals surface area (Å²) in [7, 11) is 0. The van der Waals surface area contributed by atoms with Gasteiger partial charge in [-0.15, -0.1) is 0 Å². The van der Waals surface area contributed by atoms with Crippen LogP contribution in [0.4, 0.5) is 0 Å². The van der Waals surface area contributed by atoms with Crippen molar-refractivity contribution in [1.82, 2.24) is 4.90 Å². The van der Waals surface area contributed by atoms with E-state index in [0.29, 0.717) is 19.4 Å². The third-order valence-electron chi connectivity index (χ3n) is 4.89. The minimum atomic E-state index is -0.767. The van der Waals surface area contributed by atoms with E-state index in [2.05, 4.69) is 6.92 Å². The lowest BCUT2D eigenvalue weighted by Gasteiger charge is -2.35. The average Bonchev–Trinajstić information content (AvgIpc) is 2.57. The maximum absolute atomic E-state index is 12.2. The van der Waals surface area contributed by atoms with Crippen molar-refractivity contribution in [1.29, 1.82) is 0 Å². The molecule has 1 amide bonds. The maximum atomic E-state index is 12.2. The summed E-state index contributed by atoms with van der Waals surface area (Å²) in [5, 5.41) is 18.7. The Kier molecular flexibility index (Phi) is 11.2. The van der Waals surface area contributed by atoms with E-state index in [1.165, 1.54) is 0 Å². The van der Waals surface area contributed by atoms with E-state index in [0.717, 1.165) is 57.8 Å². The Bertz CT molecular complexity index is 422. The van der Waals surface area contributed by atoms with Crippen molar-refractivity contribution in [3.63, 3.8) is 0 Å². The molecule has 25 heavy (non-hydrogen) atoms. The van der Waals surface area contributed by atoms with E-state index in [4.69, 9.17) is 5.11 Å². The van der Waals surface area contributed by atoms with Gasteiger partial charge in [0.25, 0.3) is 0 Å². The Morgan fingerprint density at radius 1 is 1.28 bits per heavy atom. The molecule has 1 aliphatic rings. The first-order valence-electron chi connectivity index (χ1n) is 9.89. The fraction of sp³-hybridized carbons (Fsp3) is 0.800. The third kappa shape index (κ3) is 9.63. The number of hydrogen-bond donors (Lipinski definition) is 2. The number of carboxylic acid groups (broad SMARTS) is 1. The number of carbonyl (C=O) groups excluding carboxylic acids is 1. The number of amides is 1. The number of allylic oxidation sites excluding steroid dienone is 1. The zero-order valence-electron chi connectivity index (χ0n) is 15.7. The quantitative estimate of drug-likeness (QED) is 0.389. The number of rotatable bonds is 13. The van der Waals surface area contributed by atoms with Crippen LogP contribution in [-0.2, 0) is 9.59 Å². The van der Waals surface area contributed by atoms with Gasteiger partial charge in [0.05, 0.1) is 6.10 Å². The van der Waals surface area contributed by atoms with Gasteiger partial charge in [0.2, 0.25) is 5.91 Å². The van der Waals surface area contributed by atoms with Gasteiger partial charge in [0.1, 0.15) is 0 Å². The van der Waals surface area contributed by atoms with Crippen LogP contribution in [0.3, 0.4) is 0 Å². The smallest absolute Gasteiger partial charge is 0.303 e. The van der Waals surface area contributed by atoms with Gasteiger partial charge in [-0.05, 0) is 44.9 Å². The van der Waals surface area contributed by atoms with Gasteiger partial charge in [0.15, 0.2) is 0 Å². The molecule has 1 heterocycles. The van der Waals surface area contributed by atoms with Gasteiger partial charge in [-0.25, -0.2) is 0 Å². The number of nitrogens with zero attached hydrogens (tertiary/aromatic N) is 1. The summed E-state index contributed by atoms with van der Waals surface area (Å²) in [6, 6.07) is 0.228. The van der Waals surface area contributed by atoms with Crippen molar-refractivity contribution in [2.45, 2.75) is 96.1 Å². The Balaban J connectivity index is 2.35. The number of aliphatic hydroxyl groups excluding tert-OH is 1. The standard InChI is InChI=1S/C20H35NO4/c1-2-3-6-11-18(22)15-14-17-10-9-12-19(23)21(17)16-8-5-4-7-13-20(24)25/h5,8,17-18,22H,2-4,6-7,9-16H2,1H3,(H,24,25)/b8-5-/t17-,18?/m1/s1. The molecule has 5 heteroatoms. The van der Waals surface area contributed by atoms with Crippen molar-refractivity contribution in [3.8, 4) is 0 Å². The van der Waals surface area contributed by atoms with Crippen LogP contribution in [-0.4, -0.2) is 45.7 Å². The molecule has 0 aromatic rings. The SMILES string of the molecule is CCCCCC(O)CC[C@H]1CCCC(=O)N1C/C=C\CCCC(=O)O. The zero-order chi connectivity index (χ0) is 18.5. The van der Waals surface area contributed by atoms with Crippen molar-refractivity contribution in [2.75, 3.05) is 6.54 Å². The summed E-state index contributed by atoms with van der Waals surface area (Å²) in [6.07, 6.45) is 13.7. The number of unbranched alkanes of at least 4 members (excludes halogenated alkanes) is 3. The Hall–Kier alpha value is -1.36. The third-order valence-corrected chi connectivity index (χ3v) is 4.89. The molecule has 0 radical (unpaired) electrons. The van der Waals surface area contributed by atoms with E-state index >= 15 is 0 Å². The van der Waals surface area contributed by atoms with Crippen LogP contribution in [0.2, 0.25) is 0 Å². The number of carbonyl (C=O) groups is 2. The molecular formula is C20H35NO4. The molecule has 1 saturated heterocycles. The molecule has 1 unspecified atom stereocenters. The van der Waals surface area contributed by atoms with Crippen LogP contribution < -0.4 is 0 Å². The van der Waals surface area contributed by atoms with Gasteiger partial charge in [-0.3, -0.25) is 9.59 Å². The largest absolute Gasteiger partial charge is 0.481 e. The molecule has 0 bridgehead atoms. The molecule has 0 aromatic heterocycles. The van der Waals surface area contributed by atoms with Crippen LogP contribution >= 0.6 is 0 Å². The topological polar surface area (TPSA) is 77.8 Å². The molecule has 0 saturated carbocycles. The predicted octanol–water partition coefficient (Wildman–Crippen LogP) is 3.90. The van der Waals surface area contributed by atoms with Gasteiger partial charge in [-0.1, -0.05) is 38.3 Å². The van der Waals surface area contributed by atoms with E-state index < -0.39 is 5.97 Å². The van der Waals surface area contributed by atoms with Crippen molar-refractivity contribution in [2.24, 2.45) is 0 Å². The summed E-state index contributed by atoms with van der Waals surface area (Å²) in [6.45, 7) is 2.76. The highest BCUT2D eigenvalue weighted by atomic mass is 16.4. The van der Waals surface area contributed by atoms with Crippen molar-refractivity contribution < 1.29 is 19.8 Å². The number of likely N-dealkylation sites (tertiary alicyclic amines) is 1. The van der Waals surface area contributed by atoms with Crippen LogP contribution in [0.1, 0.15) is 84.0 Å². The molecule has 2 N–H and O–H groups in total. The first-order valence-corrected chi connectivity index (χ1v) is 9.89. The number of hydrogen-bond acceptors (Lipinski definition) is 3. The maximum Gasteiger partial charge on any atom is 0.303 e. The van der Waals surface area contributed by atoms with Crippen LogP contribution in [0.5, 0.6) is 0 Å². The van der Waals surface area contributed by atoms with Gasteiger partial charge >= 0.3 is 5.97 Å². The molecule has 0 aromatic carbocycles. The minimum absolute atomic E-state index is 0.186. The second-order valence-electron chi connectivity index (χ2n) is 7.08. The normalized spacial score (nSPS) is 19.5. The first kappa shape index (κ1) is 21.7. The average molecular weight is 354 g/mol. The molecule has 5 nitrogen and oxygen atoms in total. The Morgan fingerprint density at radius 3 is 2.80 bits per heavy atom. The predicted molar refractivity (Wildman–Crippen MR) is 99.4 cm³/mol. The van der Waals surface area contributed by atoms with E-state index in [1.807, 2.05) is 17.1 Å². The monoisotopic (exact) mass is 353 g/mol. The number of carboxylic acids is 1. The molecule has 1 fully saturated rings. The molecule has 144 valence electrons. The van der Waals surface area contributed by atoms with Crippen molar-refractivity contribution >= 4 is 11.9 Å². The number of piperidine rings is 1. The summed E-state index contributed by atoms with van der Waals surface area (Å²) in [5.41, 5.74) is 0. The lowest BCUT2D eigenvalue weighted by Crippen LogP contribution is -2.44. The Labute approximate surface area is 152 Å². The molecule has 0 aliphatic carbocycles. The van der Waals surface area contributed by atoms with E-state index in [1.54, 1.807) is 0 Å². The highest BCUT2D eigenvalue weighted by Gasteiger charge is 2.27. The molecule has 1 aliphatic heterocycles. The molecule has 1 rings (SSSR count). The fourth-order valence-corrected chi connectivity index (χ4v) is 3.38. The lowest BCUT2D eigenvalue weighted by atomic mass is 9.95. The number of aliphatic hydroxyl groups is 1. The van der Waals surface area contributed by atoms with Gasteiger partial charge in [-0.2, -0.15) is 0 Å². The highest BCUT2D eigenvalue weighted by Crippen LogP contribution is 2.23. The molecular weight excluding hydrogens is 318 g/mol. The molecule has 0 spiro atoms. The molecule has 2 atom stereocenters.